The van der Waals surface area contributed by atoms with Crippen molar-refractivity contribution >= 4 is 23.3 Å². The van der Waals surface area contributed by atoms with E-state index in [2.05, 4.69) is 11.9 Å². The van der Waals surface area contributed by atoms with E-state index in [1.165, 1.54) is 0 Å². The van der Waals surface area contributed by atoms with E-state index in [1.54, 1.807) is 0 Å². The molecule has 0 amide bonds. The molecule has 4 rings (SSSR count). The molecule has 28 heavy (non-hydrogen) atoms. The number of nitrogens with one attached hydrogen (secondary N) is 1. The van der Waals surface area contributed by atoms with Crippen molar-refractivity contribution < 1.29 is 5.11 Å². The fraction of sp³-hybridized carbons (Fsp3) is 0.167. The van der Waals surface area contributed by atoms with Crippen LogP contribution in [0.2, 0.25) is 0 Å². The predicted octanol–water partition coefficient (Wildman–Crippen LogP) is 5.72. The van der Waals surface area contributed by atoms with E-state index in [9.17, 15) is 5.11 Å². The van der Waals surface area contributed by atoms with E-state index in [-0.39, 0.29) is 5.92 Å². The average molecular weight is 387 g/mol. The number of aliphatic hydroxyl groups is 1. The van der Waals surface area contributed by atoms with Crippen LogP contribution in [-0.2, 0) is 5.60 Å². The lowest BCUT2D eigenvalue weighted by Crippen LogP contribution is -2.35. The van der Waals surface area contributed by atoms with Gasteiger partial charge in [0.05, 0.1) is 16.7 Å². The zero-order valence-electron chi connectivity index (χ0n) is 15.7. The normalized spacial score (nSPS) is 12.8. The number of hydrogen-bond acceptors (Lipinski definition) is 3. The van der Waals surface area contributed by atoms with Crippen molar-refractivity contribution in [3.63, 3.8) is 0 Å². The molecule has 1 unspecified atom stereocenters. The Morgan fingerprint density at radius 2 is 1.43 bits per heavy atom. The molecule has 3 nitrogen and oxygen atoms in total. The molecule has 4 heteroatoms. The third-order valence-corrected chi connectivity index (χ3v) is 5.61. The Morgan fingerprint density at radius 1 is 0.893 bits per heavy atom. The third kappa shape index (κ3) is 3.15. The molecule has 1 aromatic heterocycles. The number of rotatable bonds is 5. The Hall–Kier alpha value is -2.82. The molecule has 4 aromatic rings. The lowest BCUT2D eigenvalue weighted by atomic mass is 9.73. The fourth-order valence-electron chi connectivity index (χ4n) is 3.92. The summed E-state index contributed by atoms with van der Waals surface area (Å²) in [4.78, 5) is 8.16. The van der Waals surface area contributed by atoms with Crippen LogP contribution in [0.25, 0.3) is 11.0 Å². The first-order valence-corrected chi connectivity index (χ1v) is 9.87. The Balaban J connectivity index is 1.97. The molecule has 0 fully saturated rings. The van der Waals surface area contributed by atoms with E-state index >= 15 is 0 Å². The van der Waals surface area contributed by atoms with Crippen LogP contribution in [0.4, 0.5) is 0 Å². The maximum absolute atomic E-state index is 12.2. The molecule has 1 atom stereocenters. The summed E-state index contributed by atoms with van der Waals surface area (Å²) in [6.07, 6.45) is 0.684. The number of H-pyrrole nitrogens is 1. The SMILES string of the molecule is CCC(c1nc2ccccc2[nH]c1=S)C(O)(c1ccccc1)c1ccccc1. The summed E-state index contributed by atoms with van der Waals surface area (Å²) in [5.74, 6) is -0.300. The monoisotopic (exact) mass is 386 g/mol. The molecule has 1 heterocycles. The van der Waals surface area contributed by atoms with Crippen molar-refractivity contribution in [2.75, 3.05) is 0 Å². The lowest BCUT2D eigenvalue weighted by Gasteiger charge is -2.36. The first kappa shape index (κ1) is 18.5. The zero-order valence-corrected chi connectivity index (χ0v) is 16.5. The Bertz CT molecular complexity index is 1100. The van der Waals surface area contributed by atoms with E-state index < -0.39 is 5.60 Å². The van der Waals surface area contributed by atoms with Gasteiger partial charge in [-0.05, 0) is 29.7 Å². The maximum Gasteiger partial charge on any atom is 0.125 e. The molecule has 140 valence electrons. The van der Waals surface area contributed by atoms with E-state index in [4.69, 9.17) is 17.2 Å². The standard InChI is InChI=1S/C24H22N2OS/c1-2-19(22-23(28)26-21-16-10-9-15-20(21)25-22)24(27,17-11-5-3-6-12-17)18-13-7-4-8-14-18/h3-16,19,27H,2H2,1H3,(H,26,28). The van der Waals surface area contributed by atoms with Crippen LogP contribution in [0, 0.1) is 4.64 Å². The summed E-state index contributed by atoms with van der Waals surface area (Å²) in [7, 11) is 0. The molecule has 0 radical (unpaired) electrons. The van der Waals surface area contributed by atoms with Gasteiger partial charge in [0.15, 0.2) is 0 Å². The Morgan fingerprint density at radius 3 is 2.00 bits per heavy atom. The average Bonchev–Trinajstić information content (AvgIpc) is 2.75. The van der Waals surface area contributed by atoms with Gasteiger partial charge < -0.3 is 10.1 Å². The highest BCUT2D eigenvalue weighted by Crippen LogP contribution is 2.44. The van der Waals surface area contributed by atoms with E-state index in [0.29, 0.717) is 16.8 Å². The number of para-hydroxylation sites is 2. The number of nitrogens with zero attached hydrogens (tertiary/aromatic N) is 1. The zero-order chi connectivity index (χ0) is 19.6. The van der Waals surface area contributed by atoms with Crippen molar-refractivity contribution in [2.24, 2.45) is 0 Å². The van der Waals surface area contributed by atoms with Gasteiger partial charge >= 0.3 is 0 Å². The van der Waals surface area contributed by atoms with E-state index in [0.717, 1.165) is 22.2 Å². The van der Waals surface area contributed by atoms with Crippen LogP contribution in [0.15, 0.2) is 84.9 Å². The topological polar surface area (TPSA) is 48.9 Å². The van der Waals surface area contributed by atoms with Crippen molar-refractivity contribution in [1.82, 2.24) is 9.97 Å². The van der Waals surface area contributed by atoms with Crippen LogP contribution in [-0.4, -0.2) is 15.1 Å². The number of benzene rings is 3. The highest BCUT2D eigenvalue weighted by atomic mass is 32.1. The summed E-state index contributed by atoms with van der Waals surface area (Å²) in [6.45, 7) is 2.06. The second kappa shape index (κ2) is 7.66. The summed E-state index contributed by atoms with van der Waals surface area (Å²) >= 11 is 5.66. The maximum atomic E-state index is 12.2. The molecule has 2 N–H and O–H groups in total. The van der Waals surface area contributed by atoms with E-state index in [1.807, 2.05) is 84.9 Å². The number of hydrogen-bond donors (Lipinski definition) is 2. The van der Waals surface area contributed by atoms with Crippen molar-refractivity contribution in [3.8, 4) is 0 Å². The summed E-state index contributed by atoms with van der Waals surface area (Å²) in [5.41, 5.74) is 2.87. The van der Waals surface area contributed by atoms with Crippen LogP contribution < -0.4 is 0 Å². The number of aromatic nitrogens is 2. The van der Waals surface area contributed by atoms with Crippen LogP contribution in [0.1, 0.15) is 36.1 Å². The first-order valence-electron chi connectivity index (χ1n) is 9.47. The lowest BCUT2D eigenvalue weighted by molar-refractivity contribution is 0.0460. The predicted molar refractivity (Wildman–Crippen MR) is 116 cm³/mol. The van der Waals surface area contributed by atoms with Gasteiger partial charge in [0, 0.05) is 5.92 Å². The Kier molecular flexibility index (Phi) is 5.07. The van der Waals surface area contributed by atoms with Gasteiger partial charge in [0.1, 0.15) is 10.2 Å². The number of aromatic amines is 1. The minimum Gasteiger partial charge on any atom is -0.380 e. The van der Waals surface area contributed by atoms with Crippen molar-refractivity contribution in [2.45, 2.75) is 24.9 Å². The molecule has 0 bridgehead atoms. The minimum absolute atomic E-state index is 0.300. The molecular weight excluding hydrogens is 364 g/mol. The van der Waals surface area contributed by atoms with Gasteiger partial charge in [-0.25, -0.2) is 4.98 Å². The quantitative estimate of drug-likeness (QED) is 0.431. The highest BCUT2D eigenvalue weighted by molar-refractivity contribution is 7.71. The number of fused-ring (bicyclic) bond motifs is 1. The second-order valence-electron chi connectivity index (χ2n) is 6.93. The Labute approximate surface area is 169 Å². The summed E-state index contributed by atoms with van der Waals surface area (Å²) in [6, 6.07) is 27.4. The molecule has 3 aromatic carbocycles. The molecule has 0 aliphatic rings. The second-order valence-corrected chi connectivity index (χ2v) is 7.34. The van der Waals surface area contributed by atoms with Crippen molar-refractivity contribution in [1.29, 1.82) is 0 Å². The molecular formula is C24H22N2OS. The molecule has 0 saturated heterocycles. The fourth-order valence-corrected chi connectivity index (χ4v) is 4.22. The first-order chi connectivity index (χ1) is 13.6. The molecule has 0 saturated carbocycles. The van der Waals surface area contributed by atoms with Gasteiger partial charge in [-0.1, -0.05) is 91.9 Å². The summed E-state index contributed by atoms with van der Waals surface area (Å²) < 4.78 is 0.566. The van der Waals surface area contributed by atoms with Crippen LogP contribution in [0.5, 0.6) is 0 Å². The highest BCUT2D eigenvalue weighted by Gasteiger charge is 2.41. The van der Waals surface area contributed by atoms with Gasteiger partial charge in [0.25, 0.3) is 0 Å². The molecule has 0 spiro atoms. The molecule has 0 aliphatic heterocycles. The smallest absolute Gasteiger partial charge is 0.125 e. The largest absolute Gasteiger partial charge is 0.380 e. The molecule has 0 aliphatic carbocycles. The van der Waals surface area contributed by atoms with Gasteiger partial charge in [0.2, 0.25) is 0 Å². The third-order valence-electron chi connectivity index (χ3n) is 5.30. The van der Waals surface area contributed by atoms with Gasteiger partial charge in [-0.15, -0.1) is 0 Å². The minimum atomic E-state index is -1.24. The van der Waals surface area contributed by atoms with Crippen LogP contribution in [0.3, 0.4) is 0 Å². The van der Waals surface area contributed by atoms with Crippen molar-refractivity contribution in [3.05, 3.63) is 106 Å². The van der Waals surface area contributed by atoms with Gasteiger partial charge in [-0.2, -0.15) is 0 Å². The van der Waals surface area contributed by atoms with Crippen LogP contribution >= 0.6 is 12.2 Å². The summed E-state index contributed by atoms with van der Waals surface area (Å²) in [5, 5.41) is 12.2. The van der Waals surface area contributed by atoms with Gasteiger partial charge in [-0.3, -0.25) is 0 Å².